The summed E-state index contributed by atoms with van der Waals surface area (Å²) in [6, 6.07) is 14.0. The average molecular weight is 455 g/mol. The second kappa shape index (κ2) is 9.93. The van der Waals surface area contributed by atoms with Crippen LogP contribution >= 0.6 is 11.6 Å². The van der Waals surface area contributed by atoms with Crippen molar-refractivity contribution in [1.29, 1.82) is 0 Å². The highest BCUT2D eigenvalue weighted by molar-refractivity contribution is 6.30. The van der Waals surface area contributed by atoms with Gasteiger partial charge in [-0.05, 0) is 55.8 Å². The van der Waals surface area contributed by atoms with E-state index in [1.807, 2.05) is 12.1 Å². The van der Waals surface area contributed by atoms with Crippen molar-refractivity contribution in [1.82, 2.24) is 15.0 Å². The number of aromatic nitrogens is 2. The number of hydrogen-bond donors (Lipinski definition) is 1. The maximum Gasteiger partial charge on any atom is 0.339 e. The maximum atomic E-state index is 12.9. The lowest BCUT2D eigenvalue weighted by atomic mass is 9.97. The highest BCUT2D eigenvalue weighted by atomic mass is 35.5. The zero-order valence-electron chi connectivity index (χ0n) is 17.6. The van der Waals surface area contributed by atoms with Crippen molar-refractivity contribution >= 4 is 29.2 Å². The van der Waals surface area contributed by atoms with E-state index in [9.17, 15) is 9.59 Å². The first-order valence-corrected chi connectivity index (χ1v) is 10.7. The third-order valence-corrected chi connectivity index (χ3v) is 5.65. The number of piperidine rings is 1. The number of benzene rings is 2. The van der Waals surface area contributed by atoms with E-state index in [1.165, 1.54) is 7.11 Å². The predicted octanol–water partition coefficient (Wildman–Crippen LogP) is 4.03. The van der Waals surface area contributed by atoms with Crippen LogP contribution in [0.5, 0.6) is 0 Å². The van der Waals surface area contributed by atoms with E-state index >= 15 is 0 Å². The normalized spacial score (nSPS) is 16.5. The largest absolute Gasteiger partial charge is 0.465 e. The molecule has 1 atom stereocenters. The smallest absolute Gasteiger partial charge is 0.339 e. The lowest BCUT2D eigenvalue weighted by Gasteiger charge is -2.31. The summed E-state index contributed by atoms with van der Waals surface area (Å²) in [6.07, 6.45) is 1.64. The second-order valence-corrected chi connectivity index (χ2v) is 8.06. The lowest BCUT2D eigenvalue weighted by Crippen LogP contribution is -2.40. The Morgan fingerprint density at radius 1 is 1.22 bits per heavy atom. The van der Waals surface area contributed by atoms with Gasteiger partial charge in [0.15, 0.2) is 0 Å². The molecule has 0 saturated carbocycles. The van der Waals surface area contributed by atoms with Crippen LogP contribution in [0.25, 0.3) is 11.4 Å². The fourth-order valence-electron chi connectivity index (χ4n) is 3.75. The van der Waals surface area contributed by atoms with Crippen LogP contribution in [-0.4, -0.2) is 47.1 Å². The Hall–Kier alpha value is -3.23. The number of ether oxygens (including phenoxy) is 1. The Kier molecular flexibility index (Phi) is 6.82. The van der Waals surface area contributed by atoms with Gasteiger partial charge in [-0.25, -0.2) is 4.79 Å². The Bertz CT molecular complexity index is 1100. The van der Waals surface area contributed by atoms with Crippen LogP contribution in [0.1, 0.15) is 29.1 Å². The van der Waals surface area contributed by atoms with E-state index in [2.05, 4.69) is 20.4 Å². The summed E-state index contributed by atoms with van der Waals surface area (Å²) >= 11 is 5.93. The summed E-state index contributed by atoms with van der Waals surface area (Å²) < 4.78 is 10.2. The van der Waals surface area contributed by atoms with Gasteiger partial charge in [0.2, 0.25) is 17.6 Å². The Labute approximate surface area is 190 Å². The molecule has 1 fully saturated rings. The molecule has 1 saturated heterocycles. The number of amides is 1. The molecule has 1 aliphatic heterocycles. The van der Waals surface area contributed by atoms with E-state index in [0.717, 1.165) is 24.9 Å². The van der Waals surface area contributed by atoms with Crippen LogP contribution in [0.4, 0.5) is 5.69 Å². The van der Waals surface area contributed by atoms with Gasteiger partial charge in [-0.2, -0.15) is 4.98 Å². The van der Waals surface area contributed by atoms with Crippen LogP contribution in [0.15, 0.2) is 53.1 Å². The van der Waals surface area contributed by atoms with Crippen LogP contribution < -0.4 is 5.32 Å². The molecule has 0 radical (unpaired) electrons. The molecule has 1 aromatic heterocycles. The SMILES string of the molecule is COC(=O)c1ccccc1NC(=O)C1CCCN(Cc2nc(-c3ccc(Cl)cc3)no2)C1. The van der Waals surface area contributed by atoms with Crippen LogP contribution in [0, 0.1) is 5.92 Å². The molecule has 0 bridgehead atoms. The molecule has 0 aliphatic carbocycles. The number of carbonyl (C=O) groups is 2. The topological polar surface area (TPSA) is 97.6 Å². The van der Waals surface area contributed by atoms with Gasteiger partial charge in [-0.15, -0.1) is 0 Å². The summed E-state index contributed by atoms with van der Waals surface area (Å²) in [5, 5.41) is 7.57. The van der Waals surface area contributed by atoms with Gasteiger partial charge in [0.05, 0.1) is 30.8 Å². The predicted molar refractivity (Wildman–Crippen MR) is 119 cm³/mol. The Balaban J connectivity index is 1.38. The van der Waals surface area contributed by atoms with Gasteiger partial charge in [-0.1, -0.05) is 28.9 Å². The molecule has 166 valence electrons. The molecule has 2 heterocycles. The standard InChI is InChI=1S/C23H23ClN4O4/c1-31-23(30)18-6-2-3-7-19(18)25-22(29)16-5-4-12-28(13-16)14-20-26-21(27-32-20)15-8-10-17(24)11-9-15/h2-3,6-11,16H,4-5,12-14H2,1H3,(H,25,29). The molecular formula is C23H23ClN4O4. The number of nitrogens with zero attached hydrogens (tertiary/aromatic N) is 3. The molecule has 4 rings (SSSR count). The molecule has 1 amide bonds. The third kappa shape index (κ3) is 5.15. The van der Waals surface area contributed by atoms with Crippen molar-refractivity contribution in [3.8, 4) is 11.4 Å². The van der Waals surface area contributed by atoms with E-state index in [0.29, 0.717) is 41.1 Å². The number of para-hydroxylation sites is 1. The van der Waals surface area contributed by atoms with Crippen molar-refractivity contribution in [2.24, 2.45) is 5.92 Å². The van der Waals surface area contributed by atoms with Crippen LogP contribution in [-0.2, 0) is 16.1 Å². The first-order valence-electron chi connectivity index (χ1n) is 10.3. The minimum absolute atomic E-state index is 0.126. The molecular weight excluding hydrogens is 432 g/mol. The number of hydrogen-bond acceptors (Lipinski definition) is 7. The fraction of sp³-hybridized carbons (Fsp3) is 0.304. The first kappa shape index (κ1) is 22.0. The van der Waals surface area contributed by atoms with Crippen molar-refractivity contribution < 1.29 is 18.8 Å². The molecule has 2 aromatic carbocycles. The molecule has 9 heteroatoms. The zero-order valence-corrected chi connectivity index (χ0v) is 18.3. The van der Waals surface area contributed by atoms with Crippen molar-refractivity contribution in [3.63, 3.8) is 0 Å². The number of likely N-dealkylation sites (tertiary alicyclic amines) is 1. The van der Waals surface area contributed by atoms with Crippen LogP contribution in [0.2, 0.25) is 5.02 Å². The van der Waals surface area contributed by atoms with E-state index in [-0.39, 0.29) is 11.8 Å². The van der Waals surface area contributed by atoms with Gasteiger partial charge in [-0.3, -0.25) is 9.69 Å². The quantitative estimate of drug-likeness (QED) is 0.561. The number of carbonyl (C=O) groups excluding carboxylic acids is 2. The van der Waals surface area contributed by atoms with Crippen molar-refractivity contribution in [2.45, 2.75) is 19.4 Å². The summed E-state index contributed by atoms with van der Waals surface area (Å²) in [5.41, 5.74) is 1.60. The number of halogens is 1. The molecule has 32 heavy (non-hydrogen) atoms. The number of rotatable bonds is 6. The van der Waals surface area contributed by atoms with Gasteiger partial charge in [0.1, 0.15) is 0 Å². The number of esters is 1. The van der Waals surface area contributed by atoms with E-state index in [4.69, 9.17) is 20.9 Å². The minimum Gasteiger partial charge on any atom is -0.465 e. The zero-order chi connectivity index (χ0) is 22.5. The summed E-state index contributed by atoms with van der Waals surface area (Å²) in [5.74, 6) is 0.167. The molecule has 0 spiro atoms. The number of methoxy groups -OCH3 is 1. The Morgan fingerprint density at radius 2 is 2.00 bits per heavy atom. The number of nitrogens with one attached hydrogen (secondary N) is 1. The van der Waals surface area contributed by atoms with Crippen molar-refractivity contribution in [2.75, 3.05) is 25.5 Å². The number of anilines is 1. The third-order valence-electron chi connectivity index (χ3n) is 5.40. The fourth-order valence-corrected chi connectivity index (χ4v) is 3.88. The highest BCUT2D eigenvalue weighted by Crippen LogP contribution is 2.23. The lowest BCUT2D eigenvalue weighted by molar-refractivity contribution is -0.121. The van der Waals surface area contributed by atoms with Crippen molar-refractivity contribution in [3.05, 3.63) is 65.0 Å². The van der Waals surface area contributed by atoms with Gasteiger partial charge >= 0.3 is 5.97 Å². The van der Waals surface area contributed by atoms with Gasteiger partial charge < -0.3 is 14.6 Å². The highest BCUT2D eigenvalue weighted by Gasteiger charge is 2.28. The van der Waals surface area contributed by atoms with Gasteiger partial charge in [0.25, 0.3) is 0 Å². The average Bonchev–Trinajstić information content (AvgIpc) is 3.28. The van der Waals surface area contributed by atoms with Gasteiger partial charge in [0, 0.05) is 17.1 Å². The van der Waals surface area contributed by atoms with E-state index < -0.39 is 5.97 Å². The summed E-state index contributed by atoms with van der Waals surface area (Å²) in [7, 11) is 1.32. The summed E-state index contributed by atoms with van der Waals surface area (Å²) in [6.45, 7) is 1.86. The molecule has 1 unspecified atom stereocenters. The molecule has 1 N–H and O–H groups in total. The Morgan fingerprint density at radius 3 is 2.78 bits per heavy atom. The minimum atomic E-state index is -0.487. The van der Waals surface area contributed by atoms with Crippen LogP contribution in [0.3, 0.4) is 0 Å². The summed E-state index contributed by atoms with van der Waals surface area (Å²) in [4.78, 5) is 31.4. The molecule has 8 nitrogen and oxygen atoms in total. The first-order chi connectivity index (χ1) is 15.5. The monoisotopic (exact) mass is 454 g/mol. The molecule has 1 aliphatic rings. The second-order valence-electron chi connectivity index (χ2n) is 7.62. The maximum absolute atomic E-state index is 12.9. The molecule has 3 aromatic rings. The van der Waals surface area contributed by atoms with E-state index in [1.54, 1.807) is 36.4 Å².